The minimum Gasteiger partial charge on any atom is -0.392 e. The molecule has 0 radical (unpaired) electrons. The molecule has 0 spiro atoms. The summed E-state index contributed by atoms with van der Waals surface area (Å²) < 4.78 is 4.92. The van der Waals surface area contributed by atoms with E-state index in [2.05, 4.69) is 16.1 Å². The molecule has 0 saturated carbocycles. The van der Waals surface area contributed by atoms with Crippen LogP contribution in [0.3, 0.4) is 0 Å². The molecular weight excluding hydrogens is 132 g/mol. The SMILES string of the molecule is C#CCOCC1(CO)N=N1. The lowest BCUT2D eigenvalue weighted by Crippen LogP contribution is -2.23. The average Bonchev–Trinajstić information content (AvgIpc) is 2.70. The smallest absolute Gasteiger partial charge is 0.236 e. The van der Waals surface area contributed by atoms with E-state index in [-0.39, 0.29) is 19.8 Å². The first kappa shape index (κ1) is 7.19. The summed E-state index contributed by atoms with van der Waals surface area (Å²) >= 11 is 0. The topological polar surface area (TPSA) is 54.2 Å². The number of nitrogens with zero attached hydrogens (tertiary/aromatic N) is 2. The molecule has 0 amide bonds. The second-order valence-corrected chi connectivity index (χ2v) is 2.04. The highest BCUT2D eigenvalue weighted by molar-refractivity contribution is 4.93. The van der Waals surface area contributed by atoms with Crippen molar-refractivity contribution in [2.45, 2.75) is 5.66 Å². The van der Waals surface area contributed by atoms with E-state index in [1.807, 2.05) is 0 Å². The normalized spacial score (nSPS) is 18.4. The van der Waals surface area contributed by atoms with E-state index in [1.54, 1.807) is 0 Å². The molecule has 1 aliphatic rings. The number of aliphatic hydroxyl groups excluding tert-OH is 1. The van der Waals surface area contributed by atoms with E-state index < -0.39 is 5.66 Å². The maximum Gasteiger partial charge on any atom is 0.236 e. The van der Waals surface area contributed by atoms with Gasteiger partial charge in [0, 0.05) is 0 Å². The first-order valence-electron chi connectivity index (χ1n) is 2.89. The van der Waals surface area contributed by atoms with Crippen LogP contribution in [0.4, 0.5) is 0 Å². The molecule has 0 fully saturated rings. The molecule has 1 rings (SSSR count). The number of aliphatic hydroxyl groups is 1. The van der Waals surface area contributed by atoms with Gasteiger partial charge in [0.15, 0.2) is 0 Å². The number of rotatable bonds is 4. The molecule has 0 atom stereocenters. The van der Waals surface area contributed by atoms with E-state index in [4.69, 9.17) is 16.3 Å². The van der Waals surface area contributed by atoms with Gasteiger partial charge in [0.2, 0.25) is 5.66 Å². The van der Waals surface area contributed by atoms with E-state index in [0.717, 1.165) is 0 Å². The second-order valence-electron chi connectivity index (χ2n) is 2.04. The van der Waals surface area contributed by atoms with Crippen molar-refractivity contribution in [2.75, 3.05) is 19.8 Å². The molecule has 54 valence electrons. The van der Waals surface area contributed by atoms with Crippen molar-refractivity contribution in [2.24, 2.45) is 10.2 Å². The van der Waals surface area contributed by atoms with Crippen LogP contribution in [0.15, 0.2) is 10.2 Å². The van der Waals surface area contributed by atoms with Crippen molar-refractivity contribution < 1.29 is 9.84 Å². The Balaban J connectivity index is 2.09. The zero-order chi connectivity index (χ0) is 7.45. The molecule has 0 aromatic heterocycles. The standard InChI is InChI=1S/C6H8N2O2/c1-2-3-10-5-6(4-9)7-8-6/h1,9H,3-5H2. The Bertz CT molecular complexity index is 177. The molecule has 0 aliphatic carbocycles. The Labute approximate surface area is 58.9 Å². The summed E-state index contributed by atoms with van der Waals surface area (Å²) in [5.74, 6) is 2.30. The average molecular weight is 140 g/mol. The van der Waals surface area contributed by atoms with Crippen molar-refractivity contribution >= 4 is 0 Å². The van der Waals surface area contributed by atoms with Gasteiger partial charge >= 0.3 is 0 Å². The lowest BCUT2D eigenvalue weighted by atomic mass is 10.3. The van der Waals surface area contributed by atoms with Crippen LogP contribution >= 0.6 is 0 Å². The number of hydrogen-bond acceptors (Lipinski definition) is 4. The molecule has 1 heterocycles. The third-order valence-electron chi connectivity index (χ3n) is 1.15. The van der Waals surface area contributed by atoms with Crippen LogP contribution in [0.25, 0.3) is 0 Å². The summed E-state index contributed by atoms with van der Waals surface area (Å²) in [6.45, 7) is 0.429. The van der Waals surface area contributed by atoms with Gasteiger partial charge < -0.3 is 9.84 Å². The van der Waals surface area contributed by atoms with Crippen LogP contribution in [0, 0.1) is 12.3 Å². The zero-order valence-electron chi connectivity index (χ0n) is 5.45. The van der Waals surface area contributed by atoms with Crippen LogP contribution in [-0.4, -0.2) is 30.6 Å². The van der Waals surface area contributed by atoms with Crippen molar-refractivity contribution in [1.29, 1.82) is 0 Å². The minimum atomic E-state index is -0.670. The van der Waals surface area contributed by atoms with Crippen LogP contribution in [0.2, 0.25) is 0 Å². The van der Waals surface area contributed by atoms with Crippen molar-refractivity contribution in [3.05, 3.63) is 0 Å². The van der Waals surface area contributed by atoms with Crippen molar-refractivity contribution in [1.82, 2.24) is 0 Å². The summed E-state index contributed by atoms with van der Waals surface area (Å²) in [5, 5.41) is 15.8. The predicted octanol–water partition coefficient (Wildman–Crippen LogP) is -0.209. The summed E-state index contributed by atoms with van der Waals surface area (Å²) in [7, 11) is 0. The van der Waals surface area contributed by atoms with Crippen LogP contribution in [-0.2, 0) is 4.74 Å². The molecule has 0 unspecified atom stereocenters. The van der Waals surface area contributed by atoms with Crippen LogP contribution in [0.1, 0.15) is 0 Å². The Morgan fingerprint density at radius 3 is 2.70 bits per heavy atom. The Morgan fingerprint density at radius 1 is 1.60 bits per heavy atom. The third kappa shape index (κ3) is 1.53. The van der Waals surface area contributed by atoms with Gasteiger partial charge in [0.1, 0.15) is 6.61 Å². The van der Waals surface area contributed by atoms with Crippen LogP contribution in [0.5, 0.6) is 0 Å². The molecule has 0 aromatic carbocycles. The lowest BCUT2D eigenvalue weighted by Gasteiger charge is -2.04. The van der Waals surface area contributed by atoms with E-state index in [0.29, 0.717) is 0 Å². The second kappa shape index (κ2) is 2.78. The van der Waals surface area contributed by atoms with Gasteiger partial charge in [0.05, 0.1) is 13.2 Å². The predicted molar refractivity (Wildman–Crippen MR) is 34.3 cm³/mol. The lowest BCUT2D eigenvalue weighted by molar-refractivity contribution is 0.107. The number of ether oxygens (including phenoxy) is 1. The fourth-order valence-corrected chi connectivity index (χ4v) is 0.511. The maximum atomic E-state index is 8.64. The Kier molecular flexibility index (Phi) is 2.00. The molecule has 1 N–H and O–H groups in total. The molecule has 10 heavy (non-hydrogen) atoms. The van der Waals surface area contributed by atoms with Gasteiger partial charge in [-0.25, -0.2) is 0 Å². The molecule has 1 aliphatic heterocycles. The quantitative estimate of drug-likeness (QED) is 0.434. The fraction of sp³-hybridized carbons (Fsp3) is 0.667. The highest BCUT2D eigenvalue weighted by atomic mass is 16.5. The highest BCUT2D eigenvalue weighted by Gasteiger charge is 2.39. The van der Waals surface area contributed by atoms with Gasteiger partial charge in [-0.2, -0.15) is 10.2 Å². The summed E-state index contributed by atoms with van der Waals surface area (Å²) in [4.78, 5) is 0. The Morgan fingerprint density at radius 2 is 2.30 bits per heavy atom. The van der Waals surface area contributed by atoms with Gasteiger partial charge in [-0.15, -0.1) is 6.42 Å². The monoisotopic (exact) mass is 140 g/mol. The summed E-state index contributed by atoms with van der Waals surface area (Å²) in [6.07, 6.45) is 4.92. The van der Waals surface area contributed by atoms with Gasteiger partial charge in [-0.3, -0.25) is 0 Å². The van der Waals surface area contributed by atoms with Crippen molar-refractivity contribution in [3.8, 4) is 12.3 Å². The first-order valence-corrected chi connectivity index (χ1v) is 2.89. The zero-order valence-corrected chi connectivity index (χ0v) is 5.45. The fourth-order valence-electron chi connectivity index (χ4n) is 0.511. The highest BCUT2D eigenvalue weighted by Crippen LogP contribution is 2.26. The van der Waals surface area contributed by atoms with Gasteiger partial charge in [-0.1, -0.05) is 5.92 Å². The summed E-state index contributed by atoms with van der Waals surface area (Å²) in [5.41, 5.74) is -0.670. The molecule has 0 bridgehead atoms. The van der Waals surface area contributed by atoms with E-state index in [9.17, 15) is 0 Å². The van der Waals surface area contributed by atoms with E-state index >= 15 is 0 Å². The van der Waals surface area contributed by atoms with Crippen molar-refractivity contribution in [3.63, 3.8) is 0 Å². The van der Waals surface area contributed by atoms with Gasteiger partial charge in [0.25, 0.3) is 0 Å². The molecule has 0 aromatic rings. The first-order chi connectivity index (χ1) is 4.83. The third-order valence-corrected chi connectivity index (χ3v) is 1.15. The Hall–Kier alpha value is -0.920. The van der Waals surface area contributed by atoms with E-state index in [1.165, 1.54) is 0 Å². The molecular formula is C6H8N2O2. The molecule has 0 saturated heterocycles. The minimum absolute atomic E-state index is 0.0996. The van der Waals surface area contributed by atoms with Crippen LogP contribution < -0.4 is 0 Å². The maximum absolute atomic E-state index is 8.64. The van der Waals surface area contributed by atoms with Gasteiger partial charge in [-0.05, 0) is 0 Å². The number of hydrogen-bond donors (Lipinski definition) is 1. The molecule has 4 nitrogen and oxygen atoms in total. The number of terminal acetylenes is 1. The summed E-state index contributed by atoms with van der Waals surface area (Å²) in [6, 6.07) is 0. The molecule has 4 heteroatoms. The largest absolute Gasteiger partial charge is 0.392 e.